The standard InChI is InChI=1S/C10H15NO3/c1-7(12)14-6-10-4-2-3-8(10)9(13)5-11-10/h8,11H,2-6H2,1H3/t8-,10+/m1/s1. The monoisotopic (exact) mass is 197 g/mol. The SMILES string of the molecule is CC(=O)OC[C@@]12CCC[C@@H]1C(=O)CN2. The van der Waals surface area contributed by atoms with Crippen LogP contribution in [0.15, 0.2) is 0 Å². The van der Waals surface area contributed by atoms with Crippen LogP contribution < -0.4 is 5.32 Å². The minimum absolute atomic E-state index is 0.0712. The van der Waals surface area contributed by atoms with Crippen LogP contribution in [0.2, 0.25) is 0 Å². The molecule has 0 unspecified atom stereocenters. The first kappa shape index (κ1) is 9.65. The first-order chi connectivity index (χ1) is 6.64. The van der Waals surface area contributed by atoms with Crippen molar-refractivity contribution in [2.75, 3.05) is 13.2 Å². The Labute approximate surface area is 83.0 Å². The highest BCUT2D eigenvalue weighted by molar-refractivity contribution is 5.87. The topological polar surface area (TPSA) is 55.4 Å². The molecule has 0 aromatic heterocycles. The van der Waals surface area contributed by atoms with E-state index in [0.717, 1.165) is 19.3 Å². The summed E-state index contributed by atoms with van der Waals surface area (Å²) in [6.07, 6.45) is 2.93. The fourth-order valence-corrected chi connectivity index (χ4v) is 2.59. The van der Waals surface area contributed by atoms with E-state index in [2.05, 4.69) is 5.32 Å². The Kier molecular flexibility index (Phi) is 2.31. The first-order valence-electron chi connectivity index (χ1n) is 5.05. The van der Waals surface area contributed by atoms with Crippen LogP contribution >= 0.6 is 0 Å². The Morgan fingerprint density at radius 3 is 3.21 bits per heavy atom. The van der Waals surface area contributed by atoms with Crippen molar-refractivity contribution >= 4 is 11.8 Å². The number of carbonyl (C=O) groups is 2. The van der Waals surface area contributed by atoms with Crippen molar-refractivity contribution in [1.82, 2.24) is 5.32 Å². The molecule has 0 aromatic carbocycles. The maximum atomic E-state index is 11.5. The average Bonchev–Trinajstić information content (AvgIpc) is 2.65. The fourth-order valence-electron chi connectivity index (χ4n) is 2.59. The van der Waals surface area contributed by atoms with Crippen molar-refractivity contribution in [2.45, 2.75) is 31.7 Å². The van der Waals surface area contributed by atoms with Gasteiger partial charge in [-0.25, -0.2) is 0 Å². The molecule has 0 radical (unpaired) electrons. The predicted molar refractivity (Wildman–Crippen MR) is 49.7 cm³/mol. The van der Waals surface area contributed by atoms with Crippen molar-refractivity contribution in [3.63, 3.8) is 0 Å². The second-order valence-corrected chi connectivity index (χ2v) is 4.20. The number of hydrogen-bond acceptors (Lipinski definition) is 4. The average molecular weight is 197 g/mol. The van der Waals surface area contributed by atoms with Crippen LogP contribution in [0.3, 0.4) is 0 Å². The molecule has 2 aliphatic rings. The number of fused-ring (bicyclic) bond motifs is 1. The highest BCUT2D eigenvalue weighted by Crippen LogP contribution is 2.39. The van der Waals surface area contributed by atoms with E-state index in [1.807, 2.05) is 0 Å². The summed E-state index contributed by atoms with van der Waals surface area (Å²) >= 11 is 0. The Hall–Kier alpha value is -0.900. The second-order valence-electron chi connectivity index (χ2n) is 4.20. The maximum absolute atomic E-state index is 11.5. The molecule has 1 aliphatic heterocycles. The van der Waals surface area contributed by atoms with Gasteiger partial charge in [0.1, 0.15) is 6.61 Å². The third-order valence-corrected chi connectivity index (χ3v) is 3.32. The summed E-state index contributed by atoms with van der Waals surface area (Å²) in [5.41, 5.74) is -0.233. The molecule has 2 rings (SSSR count). The molecule has 14 heavy (non-hydrogen) atoms. The Balaban J connectivity index is 2.06. The quantitative estimate of drug-likeness (QED) is 0.645. The number of hydrogen-bond donors (Lipinski definition) is 1. The van der Waals surface area contributed by atoms with E-state index >= 15 is 0 Å². The van der Waals surface area contributed by atoms with Gasteiger partial charge in [0.15, 0.2) is 5.78 Å². The van der Waals surface area contributed by atoms with E-state index < -0.39 is 0 Å². The van der Waals surface area contributed by atoms with Crippen molar-refractivity contribution in [2.24, 2.45) is 5.92 Å². The van der Waals surface area contributed by atoms with Gasteiger partial charge in [-0.2, -0.15) is 0 Å². The molecular weight excluding hydrogens is 182 g/mol. The van der Waals surface area contributed by atoms with Gasteiger partial charge in [0, 0.05) is 12.8 Å². The Morgan fingerprint density at radius 2 is 2.50 bits per heavy atom. The predicted octanol–water partition coefficient (Wildman–Crippen LogP) is 0.261. The lowest BCUT2D eigenvalue weighted by atomic mass is 9.89. The van der Waals surface area contributed by atoms with E-state index in [4.69, 9.17) is 4.74 Å². The molecule has 0 bridgehead atoms. The van der Waals surface area contributed by atoms with Crippen molar-refractivity contribution in [1.29, 1.82) is 0 Å². The normalized spacial score (nSPS) is 35.8. The van der Waals surface area contributed by atoms with Gasteiger partial charge in [-0.1, -0.05) is 6.42 Å². The highest BCUT2D eigenvalue weighted by atomic mass is 16.5. The molecule has 78 valence electrons. The van der Waals surface area contributed by atoms with Crippen LogP contribution in [0.25, 0.3) is 0 Å². The van der Waals surface area contributed by atoms with Gasteiger partial charge in [-0.3, -0.25) is 9.59 Å². The third-order valence-electron chi connectivity index (χ3n) is 3.32. The van der Waals surface area contributed by atoms with Gasteiger partial charge < -0.3 is 10.1 Å². The van der Waals surface area contributed by atoms with E-state index in [9.17, 15) is 9.59 Å². The molecule has 0 amide bonds. The molecule has 0 aromatic rings. The maximum Gasteiger partial charge on any atom is 0.302 e. The zero-order valence-corrected chi connectivity index (χ0v) is 8.34. The minimum atomic E-state index is -0.272. The van der Waals surface area contributed by atoms with Crippen molar-refractivity contribution in [3.05, 3.63) is 0 Å². The Bertz CT molecular complexity index is 277. The van der Waals surface area contributed by atoms with Crippen LogP contribution in [0.4, 0.5) is 0 Å². The van der Waals surface area contributed by atoms with Gasteiger partial charge in [0.05, 0.1) is 12.1 Å². The van der Waals surface area contributed by atoms with Crippen LogP contribution in [-0.4, -0.2) is 30.4 Å². The van der Waals surface area contributed by atoms with E-state index in [1.165, 1.54) is 6.92 Å². The van der Waals surface area contributed by atoms with Gasteiger partial charge in [0.25, 0.3) is 0 Å². The van der Waals surface area contributed by atoms with Crippen LogP contribution in [0, 0.1) is 5.92 Å². The van der Waals surface area contributed by atoms with E-state index in [0.29, 0.717) is 13.2 Å². The summed E-state index contributed by atoms with van der Waals surface area (Å²) in [7, 11) is 0. The largest absolute Gasteiger partial charge is 0.464 e. The number of ketones is 1. The molecule has 1 N–H and O–H groups in total. The number of esters is 1. The summed E-state index contributed by atoms with van der Waals surface area (Å²) in [4.78, 5) is 22.2. The molecular formula is C10H15NO3. The number of Topliss-reactive ketones (excluding diaryl/α,β-unsaturated/α-hetero) is 1. The zero-order valence-electron chi connectivity index (χ0n) is 8.34. The molecule has 4 heteroatoms. The lowest BCUT2D eigenvalue weighted by Crippen LogP contribution is -2.46. The molecule has 2 atom stereocenters. The second kappa shape index (κ2) is 3.35. The summed E-state index contributed by atoms with van der Waals surface area (Å²) in [6, 6.07) is 0. The summed E-state index contributed by atoms with van der Waals surface area (Å²) in [6.45, 7) is 2.18. The lowest BCUT2D eigenvalue weighted by Gasteiger charge is -2.27. The van der Waals surface area contributed by atoms with Crippen LogP contribution in [0.5, 0.6) is 0 Å². The number of ether oxygens (including phenoxy) is 1. The molecule has 0 spiro atoms. The smallest absolute Gasteiger partial charge is 0.302 e. The first-order valence-corrected chi connectivity index (χ1v) is 5.05. The number of rotatable bonds is 2. The summed E-state index contributed by atoms with van der Waals surface area (Å²) < 4.78 is 5.03. The summed E-state index contributed by atoms with van der Waals surface area (Å²) in [5, 5.41) is 3.21. The zero-order chi connectivity index (χ0) is 10.2. The lowest BCUT2D eigenvalue weighted by molar-refractivity contribution is -0.143. The van der Waals surface area contributed by atoms with Crippen LogP contribution in [0.1, 0.15) is 26.2 Å². The van der Waals surface area contributed by atoms with Gasteiger partial charge in [-0.05, 0) is 12.8 Å². The fraction of sp³-hybridized carbons (Fsp3) is 0.800. The molecule has 1 heterocycles. The van der Waals surface area contributed by atoms with Gasteiger partial charge >= 0.3 is 5.97 Å². The molecule has 1 saturated carbocycles. The third kappa shape index (κ3) is 1.43. The molecule has 2 fully saturated rings. The van der Waals surface area contributed by atoms with Crippen LogP contribution in [-0.2, 0) is 14.3 Å². The molecule has 1 aliphatic carbocycles. The van der Waals surface area contributed by atoms with Crippen molar-refractivity contribution in [3.8, 4) is 0 Å². The van der Waals surface area contributed by atoms with E-state index in [1.54, 1.807) is 0 Å². The van der Waals surface area contributed by atoms with E-state index in [-0.39, 0.29) is 23.2 Å². The van der Waals surface area contributed by atoms with Gasteiger partial charge in [0.2, 0.25) is 0 Å². The Morgan fingerprint density at radius 1 is 1.71 bits per heavy atom. The summed E-state index contributed by atoms with van der Waals surface area (Å²) in [5.74, 6) is 0.0719. The molecule has 4 nitrogen and oxygen atoms in total. The number of carbonyl (C=O) groups excluding carboxylic acids is 2. The molecule has 1 saturated heterocycles. The highest BCUT2D eigenvalue weighted by Gasteiger charge is 2.51. The number of nitrogens with one attached hydrogen (secondary N) is 1. The minimum Gasteiger partial charge on any atom is -0.464 e. The van der Waals surface area contributed by atoms with Gasteiger partial charge in [-0.15, -0.1) is 0 Å². The van der Waals surface area contributed by atoms with Crippen molar-refractivity contribution < 1.29 is 14.3 Å².